The average molecular weight is 285 g/mol. The molecule has 0 spiro atoms. The predicted molar refractivity (Wildman–Crippen MR) is 75.4 cm³/mol. The van der Waals surface area contributed by atoms with E-state index in [1.165, 1.54) is 0 Å². The van der Waals surface area contributed by atoms with E-state index in [1.807, 2.05) is 18.4 Å². The smallest absolute Gasteiger partial charge is 0.242 e. The summed E-state index contributed by atoms with van der Waals surface area (Å²) >= 11 is 0. The van der Waals surface area contributed by atoms with Crippen molar-refractivity contribution < 1.29 is 8.42 Å². The molecule has 19 heavy (non-hydrogen) atoms. The van der Waals surface area contributed by atoms with Crippen LogP contribution in [0.2, 0.25) is 0 Å². The highest BCUT2D eigenvalue weighted by atomic mass is 32.2. The minimum absolute atomic E-state index is 0.132. The lowest BCUT2D eigenvalue weighted by molar-refractivity contribution is 0.383. The number of aromatic nitrogens is 1. The fourth-order valence-electron chi connectivity index (χ4n) is 2.18. The molecule has 1 aromatic heterocycles. The Morgan fingerprint density at radius 3 is 2.63 bits per heavy atom. The van der Waals surface area contributed by atoms with E-state index in [0.29, 0.717) is 11.4 Å². The largest absolute Gasteiger partial charge is 0.349 e. The SMILES string of the molecule is CCNCc1cc(S(=O)(=O)NC2CCC2)cn1CC. The van der Waals surface area contributed by atoms with Crippen molar-refractivity contribution in [3.8, 4) is 0 Å². The van der Waals surface area contributed by atoms with Crippen LogP contribution in [-0.2, 0) is 23.1 Å². The molecule has 1 heterocycles. The van der Waals surface area contributed by atoms with Gasteiger partial charge >= 0.3 is 0 Å². The summed E-state index contributed by atoms with van der Waals surface area (Å²) in [6, 6.07) is 1.90. The van der Waals surface area contributed by atoms with Gasteiger partial charge in [0, 0.05) is 31.0 Å². The van der Waals surface area contributed by atoms with Crippen molar-refractivity contribution in [2.24, 2.45) is 0 Å². The third-order valence-corrected chi connectivity index (χ3v) is 5.08. The highest BCUT2D eigenvalue weighted by Gasteiger charge is 2.25. The molecule has 0 radical (unpaired) electrons. The maximum Gasteiger partial charge on any atom is 0.242 e. The first-order valence-electron chi connectivity index (χ1n) is 6.99. The summed E-state index contributed by atoms with van der Waals surface area (Å²) < 4.78 is 29.2. The monoisotopic (exact) mass is 285 g/mol. The molecule has 0 atom stereocenters. The summed E-state index contributed by atoms with van der Waals surface area (Å²) in [5.74, 6) is 0. The van der Waals surface area contributed by atoms with Crippen LogP contribution < -0.4 is 10.0 Å². The average Bonchev–Trinajstić information content (AvgIpc) is 2.75. The van der Waals surface area contributed by atoms with Gasteiger partial charge in [-0.15, -0.1) is 0 Å². The molecule has 0 aliphatic heterocycles. The van der Waals surface area contributed by atoms with Gasteiger partial charge in [0.05, 0.1) is 4.90 Å². The van der Waals surface area contributed by atoms with Gasteiger partial charge in [-0.3, -0.25) is 0 Å². The minimum Gasteiger partial charge on any atom is -0.349 e. The Morgan fingerprint density at radius 1 is 1.37 bits per heavy atom. The van der Waals surface area contributed by atoms with Gasteiger partial charge in [-0.2, -0.15) is 0 Å². The quantitative estimate of drug-likeness (QED) is 0.797. The predicted octanol–water partition coefficient (Wildman–Crippen LogP) is 1.45. The lowest BCUT2D eigenvalue weighted by atomic mass is 9.94. The summed E-state index contributed by atoms with van der Waals surface area (Å²) in [7, 11) is -3.36. The molecule has 0 aromatic carbocycles. The Labute approximate surface area is 115 Å². The fraction of sp³-hybridized carbons (Fsp3) is 0.692. The highest BCUT2D eigenvalue weighted by molar-refractivity contribution is 7.89. The van der Waals surface area contributed by atoms with E-state index >= 15 is 0 Å². The minimum atomic E-state index is -3.36. The van der Waals surface area contributed by atoms with Crippen molar-refractivity contribution in [1.82, 2.24) is 14.6 Å². The molecular weight excluding hydrogens is 262 g/mol. The zero-order valence-corrected chi connectivity index (χ0v) is 12.5. The zero-order valence-electron chi connectivity index (χ0n) is 11.6. The van der Waals surface area contributed by atoms with Crippen LogP contribution in [0.15, 0.2) is 17.2 Å². The number of nitrogens with zero attached hydrogens (tertiary/aromatic N) is 1. The number of hydrogen-bond donors (Lipinski definition) is 2. The maximum absolute atomic E-state index is 12.2. The third-order valence-electron chi connectivity index (χ3n) is 3.59. The van der Waals surface area contributed by atoms with Crippen LogP contribution in [0, 0.1) is 0 Å². The molecule has 0 saturated heterocycles. The van der Waals surface area contributed by atoms with Gasteiger partial charge in [-0.1, -0.05) is 13.3 Å². The van der Waals surface area contributed by atoms with E-state index in [4.69, 9.17) is 0 Å². The van der Waals surface area contributed by atoms with E-state index < -0.39 is 10.0 Å². The Bertz CT molecular complexity index is 518. The highest BCUT2D eigenvalue weighted by Crippen LogP contribution is 2.22. The van der Waals surface area contributed by atoms with Crippen LogP contribution in [0.25, 0.3) is 0 Å². The topological polar surface area (TPSA) is 63.1 Å². The molecule has 2 N–H and O–H groups in total. The van der Waals surface area contributed by atoms with Gasteiger partial charge in [0.1, 0.15) is 0 Å². The molecular formula is C13H23N3O2S. The number of nitrogens with one attached hydrogen (secondary N) is 2. The van der Waals surface area contributed by atoms with E-state index in [-0.39, 0.29) is 6.04 Å². The summed E-state index contributed by atoms with van der Waals surface area (Å²) in [6.45, 7) is 6.40. The van der Waals surface area contributed by atoms with Crippen molar-refractivity contribution in [3.05, 3.63) is 18.0 Å². The zero-order chi connectivity index (χ0) is 13.9. The first-order chi connectivity index (χ1) is 9.06. The lowest BCUT2D eigenvalue weighted by Gasteiger charge is -2.25. The first kappa shape index (κ1) is 14.6. The van der Waals surface area contributed by atoms with Crippen molar-refractivity contribution >= 4 is 10.0 Å². The third kappa shape index (κ3) is 3.38. The summed E-state index contributed by atoms with van der Waals surface area (Å²) in [6.07, 6.45) is 4.76. The van der Waals surface area contributed by atoms with Crippen molar-refractivity contribution in [2.75, 3.05) is 6.54 Å². The molecule has 1 aliphatic carbocycles. The molecule has 0 bridgehead atoms. The Kier molecular flexibility index (Phi) is 4.65. The molecule has 108 valence electrons. The van der Waals surface area contributed by atoms with E-state index in [0.717, 1.165) is 38.0 Å². The van der Waals surface area contributed by atoms with Crippen molar-refractivity contribution in [3.63, 3.8) is 0 Å². The summed E-state index contributed by atoms with van der Waals surface area (Å²) in [5.41, 5.74) is 1.01. The standard InChI is InChI=1S/C13H23N3O2S/c1-3-14-9-12-8-13(10-16(12)4-2)19(17,18)15-11-6-5-7-11/h8,10-11,14-15H,3-7,9H2,1-2H3. The van der Waals surface area contributed by atoms with Gasteiger partial charge in [0.2, 0.25) is 10.0 Å². The molecule has 1 aliphatic rings. The molecule has 2 rings (SSSR count). The van der Waals surface area contributed by atoms with Crippen LogP contribution in [-0.4, -0.2) is 25.6 Å². The maximum atomic E-state index is 12.2. The van der Waals surface area contributed by atoms with Crippen LogP contribution in [0.3, 0.4) is 0 Å². The normalized spacial score (nSPS) is 16.5. The number of aryl methyl sites for hydroxylation is 1. The van der Waals surface area contributed by atoms with Crippen LogP contribution >= 0.6 is 0 Å². The molecule has 0 unspecified atom stereocenters. The molecule has 5 nitrogen and oxygen atoms in total. The molecule has 0 amide bonds. The Balaban J connectivity index is 2.16. The van der Waals surface area contributed by atoms with Gasteiger partial charge in [0.15, 0.2) is 0 Å². The van der Waals surface area contributed by atoms with Gasteiger partial charge in [-0.05, 0) is 32.4 Å². The van der Waals surface area contributed by atoms with Crippen LogP contribution in [0.5, 0.6) is 0 Å². The molecule has 1 saturated carbocycles. The number of rotatable bonds is 7. The molecule has 1 aromatic rings. The summed E-state index contributed by atoms with van der Waals surface area (Å²) in [4.78, 5) is 0.383. The van der Waals surface area contributed by atoms with Gasteiger partial charge < -0.3 is 9.88 Å². The van der Waals surface area contributed by atoms with Crippen molar-refractivity contribution in [2.45, 2.75) is 57.1 Å². The Morgan fingerprint density at radius 2 is 2.11 bits per heavy atom. The van der Waals surface area contributed by atoms with E-state index in [1.54, 1.807) is 12.3 Å². The molecule has 1 fully saturated rings. The molecule has 6 heteroatoms. The Hall–Kier alpha value is -0.850. The fourth-order valence-corrected chi connectivity index (χ4v) is 3.55. The second-order valence-electron chi connectivity index (χ2n) is 4.98. The van der Waals surface area contributed by atoms with Crippen LogP contribution in [0.1, 0.15) is 38.8 Å². The second kappa shape index (κ2) is 6.07. The number of hydrogen-bond acceptors (Lipinski definition) is 3. The van der Waals surface area contributed by atoms with E-state index in [2.05, 4.69) is 10.0 Å². The summed E-state index contributed by atoms with van der Waals surface area (Å²) in [5, 5.41) is 3.23. The lowest BCUT2D eigenvalue weighted by Crippen LogP contribution is -2.39. The number of sulfonamides is 1. The first-order valence-corrected chi connectivity index (χ1v) is 8.47. The van der Waals surface area contributed by atoms with E-state index in [9.17, 15) is 8.42 Å². The second-order valence-corrected chi connectivity index (χ2v) is 6.70. The van der Waals surface area contributed by atoms with Gasteiger partial charge in [-0.25, -0.2) is 13.1 Å². The van der Waals surface area contributed by atoms with Crippen molar-refractivity contribution in [1.29, 1.82) is 0 Å². The van der Waals surface area contributed by atoms with Gasteiger partial charge in [0.25, 0.3) is 0 Å². The van der Waals surface area contributed by atoms with Crippen LogP contribution in [0.4, 0.5) is 0 Å².